The van der Waals surface area contributed by atoms with E-state index < -0.39 is 0 Å². The second-order valence-corrected chi connectivity index (χ2v) is 7.02. The molecule has 2 fully saturated rings. The van der Waals surface area contributed by atoms with Crippen molar-refractivity contribution < 1.29 is 0 Å². The first-order valence-corrected chi connectivity index (χ1v) is 8.53. The molecule has 2 aromatic carbocycles. The van der Waals surface area contributed by atoms with Crippen molar-refractivity contribution in [3.8, 4) is 0 Å². The fraction of sp³-hybridized carbons (Fsp3) is 0.400. The molecule has 4 rings (SSSR count). The average molecular weight is 307 g/mol. The van der Waals surface area contributed by atoms with Gasteiger partial charge in [-0.3, -0.25) is 4.90 Å². The minimum absolute atomic E-state index is 0.675. The quantitative estimate of drug-likeness (QED) is 0.859. The van der Waals surface area contributed by atoms with Gasteiger partial charge in [-0.05, 0) is 36.2 Å². The summed E-state index contributed by atoms with van der Waals surface area (Å²) in [6.45, 7) is 3.45. The molecule has 3 heteroatoms. The number of hydrogen-bond acceptors (Lipinski definition) is 3. The highest BCUT2D eigenvalue weighted by Gasteiger charge is 2.42. The molecule has 2 aromatic rings. The van der Waals surface area contributed by atoms with Crippen molar-refractivity contribution in [2.45, 2.75) is 25.0 Å². The Labute approximate surface area is 139 Å². The van der Waals surface area contributed by atoms with E-state index in [2.05, 4.69) is 83.4 Å². The topological polar surface area (TPSA) is 9.72 Å². The van der Waals surface area contributed by atoms with E-state index in [-0.39, 0.29) is 0 Å². The van der Waals surface area contributed by atoms with Crippen LogP contribution in [0.3, 0.4) is 0 Å². The second-order valence-electron chi connectivity index (χ2n) is 7.02. The molecule has 23 heavy (non-hydrogen) atoms. The van der Waals surface area contributed by atoms with Crippen LogP contribution in [-0.4, -0.2) is 44.2 Å². The molecule has 2 saturated heterocycles. The lowest BCUT2D eigenvalue weighted by Gasteiger charge is -2.35. The molecule has 0 N–H and O–H groups in total. The lowest BCUT2D eigenvalue weighted by atomic mass is 10.2. The third kappa shape index (κ3) is 2.81. The maximum Gasteiger partial charge on any atom is 0.0433 e. The Morgan fingerprint density at radius 2 is 1.65 bits per heavy atom. The van der Waals surface area contributed by atoms with Crippen molar-refractivity contribution in [2.75, 3.05) is 37.0 Å². The third-order valence-corrected chi connectivity index (χ3v) is 5.28. The maximum absolute atomic E-state index is 2.66. The van der Waals surface area contributed by atoms with Gasteiger partial charge in [0.15, 0.2) is 0 Å². The first-order valence-electron chi connectivity index (χ1n) is 8.53. The Morgan fingerprint density at radius 3 is 2.26 bits per heavy atom. The van der Waals surface area contributed by atoms with E-state index in [1.807, 2.05) is 0 Å². The zero-order valence-electron chi connectivity index (χ0n) is 14.0. The highest BCUT2D eigenvalue weighted by molar-refractivity contribution is 5.57. The number of rotatable bonds is 4. The number of likely N-dealkylation sites (tertiary alicyclic amines) is 1. The van der Waals surface area contributed by atoms with Gasteiger partial charge < -0.3 is 9.80 Å². The summed E-state index contributed by atoms with van der Waals surface area (Å²) in [7, 11) is 4.18. The van der Waals surface area contributed by atoms with Crippen LogP contribution in [0.15, 0.2) is 54.6 Å². The van der Waals surface area contributed by atoms with E-state index in [9.17, 15) is 0 Å². The summed E-state index contributed by atoms with van der Waals surface area (Å²) in [6.07, 6.45) is 1.31. The Kier molecular flexibility index (Phi) is 3.74. The van der Waals surface area contributed by atoms with Crippen LogP contribution in [0.25, 0.3) is 0 Å². The predicted molar refractivity (Wildman–Crippen MR) is 97.2 cm³/mol. The first-order chi connectivity index (χ1) is 11.2. The molecular weight excluding hydrogens is 282 g/mol. The van der Waals surface area contributed by atoms with E-state index >= 15 is 0 Å². The highest BCUT2D eigenvalue weighted by atomic mass is 15.3. The fourth-order valence-electron chi connectivity index (χ4n) is 4.02. The predicted octanol–water partition coefficient (Wildman–Crippen LogP) is 3.22. The molecule has 3 nitrogen and oxygen atoms in total. The Balaban J connectivity index is 1.42. The lowest BCUT2D eigenvalue weighted by molar-refractivity contribution is 0.230. The van der Waals surface area contributed by atoms with Crippen LogP contribution in [0.5, 0.6) is 0 Å². The summed E-state index contributed by atoms with van der Waals surface area (Å²) in [6, 6.07) is 21.2. The zero-order valence-corrected chi connectivity index (χ0v) is 14.0. The number of hydrogen-bond donors (Lipinski definition) is 0. The van der Waals surface area contributed by atoms with Crippen LogP contribution in [-0.2, 0) is 6.54 Å². The van der Waals surface area contributed by atoms with Gasteiger partial charge >= 0.3 is 0 Å². The second kappa shape index (κ2) is 5.89. The van der Waals surface area contributed by atoms with E-state index in [0.717, 1.165) is 6.54 Å². The smallest absolute Gasteiger partial charge is 0.0433 e. The SMILES string of the molecule is CN(C)c1ccc(N2CC3CC2CN3Cc2ccccc2)cc1. The standard InChI is InChI=1S/C20H25N3/c1-21(2)17-8-10-18(11-9-17)23-15-19-12-20(23)14-22(19)13-16-6-4-3-5-7-16/h3-11,19-20H,12-15H2,1-2H3. The van der Waals surface area contributed by atoms with Crippen molar-refractivity contribution in [1.29, 1.82) is 0 Å². The average Bonchev–Trinajstić information content (AvgIpc) is 3.16. The summed E-state index contributed by atoms with van der Waals surface area (Å²) >= 11 is 0. The maximum atomic E-state index is 2.66. The summed E-state index contributed by atoms with van der Waals surface area (Å²) in [5.41, 5.74) is 4.08. The van der Waals surface area contributed by atoms with Crippen molar-refractivity contribution in [3.05, 3.63) is 60.2 Å². The van der Waals surface area contributed by atoms with Gasteiger partial charge in [0.2, 0.25) is 0 Å². The molecule has 2 atom stereocenters. The van der Waals surface area contributed by atoms with Gasteiger partial charge in [-0.1, -0.05) is 30.3 Å². The molecule has 2 aliphatic rings. The number of benzene rings is 2. The van der Waals surface area contributed by atoms with Crippen LogP contribution in [0.4, 0.5) is 11.4 Å². The Morgan fingerprint density at radius 1 is 0.913 bits per heavy atom. The van der Waals surface area contributed by atoms with Gasteiger partial charge in [-0.25, -0.2) is 0 Å². The largest absolute Gasteiger partial charge is 0.378 e. The molecular formula is C20H25N3. The van der Waals surface area contributed by atoms with Crippen LogP contribution in [0.1, 0.15) is 12.0 Å². The normalized spacial score (nSPS) is 23.5. The van der Waals surface area contributed by atoms with E-state index in [4.69, 9.17) is 0 Å². The van der Waals surface area contributed by atoms with Gasteiger partial charge in [0.25, 0.3) is 0 Å². The molecule has 120 valence electrons. The van der Waals surface area contributed by atoms with Crippen LogP contribution in [0, 0.1) is 0 Å². The molecule has 2 bridgehead atoms. The van der Waals surface area contributed by atoms with Gasteiger partial charge in [0, 0.05) is 57.2 Å². The molecule has 0 saturated carbocycles. The van der Waals surface area contributed by atoms with E-state index in [1.165, 1.54) is 36.4 Å². The molecule has 2 aliphatic heterocycles. The van der Waals surface area contributed by atoms with Crippen molar-refractivity contribution in [2.24, 2.45) is 0 Å². The van der Waals surface area contributed by atoms with Gasteiger partial charge in [-0.2, -0.15) is 0 Å². The summed E-state index contributed by atoms with van der Waals surface area (Å²) < 4.78 is 0. The molecule has 0 radical (unpaired) electrons. The number of piperazine rings is 1. The molecule has 0 amide bonds. The molecule has 0 aliphatic carbocycles. The fourth-order valence-corrected chi connectivity index (χ4v) is 4.02. The number of nitrogens with zero attached hydrogens (tertiary/aromatic N) is 3. The molecule has 0 aromatic heterocycles. The van der Waals surface area contributed by atoms with Gasteiger partial charge in [-0.15, -0.1) is 0 Å². The lowest BCUT2D eigenvalue weighted by Crippen LogP contribution is -2.46. The molecule has 0 spiro atoms. The molecule has 2 unspecified atom stereocenters. The Hall–Kier alpha value is -2.00. The van der Waals surface area contributed by atoms with Crippen LogP contribution >= 0.6 is 0 Å². The van der Waals surface area contributed by atoms with Crippen molar-refractivity contribution in [3.63, 3.8) is 0 Å². The van der Waals surface area contributed by atoms with Gasteiger partial charge in [0.1, 0.15) is 0 Å². The summed E-state index contributed by atoms with van der Waals surface area (Å²) in [4.78, 5) is 7.41. The van der Waals surface area contributed by atoms with Gasteiger partial charge in [0.05, 0.1) is 0 Å². The van der Waals surface area contributed by atoms with Crippen molar-refractivity contribution in [1.82, 2.24) is 4.90 Å². The van der Waals surface area contributed by atoms with E-state index in [1.54, 1.807) is 0 Å². The van der Waals surface area contributed by atoms with Crippen LogP contribution in [0.2, 0.25) is 0 Å². The highest BCUT2D eigenvalue weighted by Crippen LogP contribution is 2.35. The zero-order chi connectivity index (χ0) is 15.8. The third-order valence-electron chi connectivity index (χ3n) is 5.28. The minimum Gasteiger partial charge on any atom is -0.378 e. The Bertz CT molecular complexity index is 650. The number of fused-ring (bicyclic) bond motifs is 2. The van der Waals surface area contributed by atoms with E-state index in [0.29, 0.717) is 12.1 Å². The van der Waals surface area contributed by atoms with Crippen molar-refractivity contribution >= 4 is 11.4 Å². The molecule has 2 heterocycles. The monoisotopic (exact) mass is 307 g/mol. The minimum atomic E-state index is 0.675. The summed E-state index contributed by atoms with van der Waals surface area (Å²) in [5.74, 6) is 0. The first kappa shape index (κ1) is 14.6. The van der Waals surface area contributed by atoms with Crippen LogP contribution < -0.4 is 9.80 Å². The number of anilines is 2. The summed E-state index contributed by atoms with van der Waals surface area (Å²) in [5, 5.41) is 0.